The Bertz CT molecular complexity index is 1300. The Morgan fingerprint density at radius 3 is 2.59 bits per heavy atom. The molecule has 8 nitrogen and oxygen atoms in total. The number of aromatic nitrogens is 1. The maximum atomic E-state index is 12.9. The lowest BCUT2D eigenvalue weighted by molar-refractivity contribution is -0.384. The normalized spacial score (nSPS) is 13.1. The van der Waals surface area contributed by atoms with Crippen LogP contribution in [0, 0.1) is 10.1 Å². The van der Waals surface area contributed by atoms with E-state index in [1.807, 2.05) is 0 Å². The molecule has 13 heteroatoms. The molecule has 1 aromatic heterocycles. The van der Waals surface area contributed by atoms with E-state index in [-0.39, 0.29) is 40.3 Å². The SMILES string of the molecule is O=C(Nc1ccc2c(c1)OCCN2c1ncc(C(F)(F)F)cc1Cl)c1cc([N+](=O)[O-])ccc1Cl. The number of nitro benzene ring substituents is 1. The Morgan fingerprint density at radius 1 is 1.15 bits per heavy atom. The number of benzene rings is 2. The molecule has 0 fully saturated rings. The van der Waals surface area contributed by atoms with E-state index in [0.717, 1.165) is 12.1 Å². The van der Waals surface area contributed by atoms with Crippen LogP contribution in [0.4, 0.5) is 36.1 Å². The van der Waals surface area contributed by atoms with Gasteiger partial charge in [-0.05, 0) is 24.3 Å². The van der Waals surface area contributed by atoms with Gasteiger partial charge in [0.1, 0.15) is 12.4 Å². The predicted molar refractivity (Wildman–Crippen MR) is 119 cm³/mol. The number of carbonyl (C=O) groups excluding carboxylic acids is 1. The first kappa shape index (κ1) is 23.6. The zero-order chi connectivity index (χ0) is 24.6. The minimum Gasteiger partial charge on any atom is -0.489 e. The number of pyridine rings is 1. The Kier molecular flexibility index (Phi) is 6.24. The number of amides is 1. The molecule has 1 aliphatic heterocycles. The summed E-state index contributed by atoms with van der Waals surface area (Å²) in [6, 6.07) is 8.91. The number of rotatable bonds is 4. The van der Waals surface area contributed by atoms with Crippen LogP contribution >= 0.6 is 23.2 Å². The van der Waals surface area contributed by atoms with E-state index in [4.69, 9.17) is 27.9 Å². The van der Waals surface area contributed by atoms with Gasteiger partial charge in [0.05, 0.1) is 38.3 Å². The summed E-state index contributed by atoms with van der Waals surface area (Å²) in [6.45, 7) is 0.459. The molecule has 1 N–H and O–H groups in total. The van der Waals surface area contributed by atoms with Crippen LogP contribution in [0.2, 0.25) is 10.0 Å². The van der Waals surface area contributed by atoms with Gasteiger partial charge >= 0.3 is 6.18 Å². The van der Waals surface area contributed by atoms with Crippen LogP contribution in [-0.4, -0.2) is 29.0 Å². The molecule has 1 aliphatic rings. The number of anilines is 3. The highest BCUT2D eigenvalue weighted by Crippen LogP contribution is 2.41. The maximum Gasteiger partial charge on any atom is 0.417 e. The van der Waals surface area contributed by atoms with Crippen LogP contribution in [0.3, 0.4) is 0 Å². The molecule has 2 heterocycles. The highest BCUT2D eigenvalue weighted by molar-refractivity contribution is 6.34. The zero-order valence-corrected chi connectivity index (χ0v) is 18.4. The summed E-state index contributed by atoms with van der Waals surface area (Å²) in [4.78, 5) is 28.5. The second-order valence-corrected chi connectivity index (χ2v) is 7.90. The lowest BCUT2D eigenvalue weighted by Gasteiger charge is -2.31. The smallest absolute Gasteiger partial charge is 0.417 e. The summed E-state index contributed by atoms with van der Waals surface area (Å²) in [7, 11) is 0. The minimum absolute atomic E-state index is 0.0338. The van der Waals surface area contributed by atoms with Crippen molar-refractivity contribution in [2.45, 2.75) is 6.18 Å². The maximum absolute atomic E-state index is 12.9. The van der Waals surface area contributed by atoms with E-state index >= 15 is 0 Å². The van der Waals surface area contributed by atoms with Gasteiger partial charge in [-0.3, -0.25) is 14.9 Å². The van der Waals surface area contributed by atoms with Crippen molar-refractivity contribution in [3.63, 3.8) is 0 Å². The summed E-state index contributed by atoms with van der Waals surface area (Å²) >= 11 is 12.1. The van der Waals surface area contributed by atoms with Gasteiger partial charge in [0.25, 0.3) is 11.6 Å². The van der Waals surface area contributed by atoms with Crippen molar-refractivity contribution in [3.8, 4) is 5.75 Å². The van der Waals surface area contributed by atoms with E-state index in [9.17, 15) is 28.1 Å². The van der Waals surface area contributed by atoms with Crippen molar-refractivity contribution in [2.75, 3.05) is 23.4 Å². The summed E-state index contributed by atoms with van der Waals surface area (Å²) in [5, 5.41) is 13.4. The highest BCUT2D eigenvalue weighted by atomic mass is 35.5. The van der Waals surface area contributed by atoms with Gasteiger partial charge in [-0.25, -0.2) is 4.98 Å². The monoisotopic (exact) mass is 512 g/mol. The van der Waals surface area contributed by atoms with Crippen molar-refractivity contribution in [1.82, 2.24) is 4.98 Å². The van der Waals surface area contributed by atoms with Gasteiger partial charge < -0.3 is 15.0 Å². The molecule has 0 unspecified atom stereocenters. The molecule has 0 saturated heterocycles. The summed E-state index contributed by atoms with van der Waals surface area (Å²) in [6.07, 6.45) is -3.87. The Balaban J connectivity index is 1.60. The Hall–Kier alpha value is -3.57. The molecule has 0 bridgehead atoms. The summed E-state index contributed by atoms with van der Waals surface area (Å²) in [5.74, 6) is -0.222. The van der Waals surface area contributed by atoms with Gasteiger partial charge in [-0.2, -0.15) is 13.2 Å². The van der Waals surface area contributed by atoms with Crippen molar-refractivity contribution in [2.24, 2.45) is 0 Å². The van der Waals surface area contributed by atoms with Gasteiger partial charge in [0.15, 0.2) is 5.82 Å². The molecule has 34 heavy (non-hydrogen) atoms. The third-order valence-corrected chi connectivity index (χ3v) is 5.50. The molecular weight excluding hydrogens is 500 g/mol. The standard InChI is InChI=1S/C21H13Cl2F3N4O4/c22-15-3-2-13(30(32)33)9-14(15)20(31)28-12-1-4-17-18(8-12)34-6-5-29(17)19-16(23)7-11(10-27-19)21(24,25)26/h1-4,7-10H,5-6H2,(H,28,31). The van der Waals surface area contributed by atoms with Gasteiger partial charge in [-0.15, -0.1) is 0 Å². The number of fused-ring (bicyclic) bond motifs is 1. The third kappa shape index (κ3) is 4.70. The van der Waals surface area contributed by atoms with Crippen molar-refractivity contribution < 1.29 is 27.6 Å². The van der Waals surface area contributed by atoms with E-state index in [0.29, 0.717) is 23.3 Å². The van der Waals surface area contributed by atoms with Crippen molar-refractivity contribution in [1.29, 1.82) is 0 Å². The minimum atomic E-state index is -4.58. The van der Waals surface area contributed by atoms with E-state index in [2.05, 4.69) is 10.3 Å². The number of hydrogen-bond acceptors (Lipinski definition) is 6. The number of ether oxygens (including phenoxy) is 1. The van der Waals surface area contributed by atoms with Gasteiger partial charge in [0, 0.05) is 30.1 Å². The lowest BCUT2D eigenvalue weighted by Crippen LogP contribution is -2.29. The highest BCUT2D eigenvalue weighted by Gasteiger charge is 2.33. The van der Waals surface area contributed by atoms with Crippen LogP contribution in [0.25, 0.3) is 0 Å². The number of carbonyl (C=O) groups is 1. The molecule has 1 amide bonds. The van der Waals surface area contributed by atoms with Crippen LogP contribution in [0.15, 0.2) is 48.7 Å². The van der Waals surface area contributed by atoms with Gasteiger partial charge in [-0.1, -0.05) is 23.2 Å². The Labute approximate surface area is 200 Å². The molecular formula is C21H13Cl2F3N4O4. The topological polar surface area (TPSA) is 97.6 Å². The van der Waals surface area contributed by atoms with Crippen LogP contribution in [0.1, 0.15) is 15.9 Å². The molecule has 0 spiro atoms. The number of nitrogens with one attached hydrogen (secondary N) is 1. The number of halogens is 5. The number of hydrogen-bond donors (Lipinski definition) is 1. The lowest BCUT2D eigenvalue weighted by atomic mass is 10.1. The molecule has 0 radical (unpaired) electrons. The Morgan fingerprint density at radius 2 is 1.91 bits per heavy atom. The van der Waals surface area contributed by atoms with Crippen LogP contribution < -0.4 is 15.0 Å². The first-order chi connectivity index (χ1) is 16.0. The fourth-order valence-corrected chi connectivity index (χ4v) is 3.77. The molecule has 176 valence electrons. The van der Waals surface area contributed by atoms with E-state index < -0.39 is 22.6 Å². The average molecular weight is 513 g/mol. The van der Waals surface area contributed by atoms with Crippen molar-refractivity contribution >= 4 is 52.0 Å². The summed E-state index contributed by atoms with van der Waals surface area (Å²) < 4.78 is 44.4. The average Bonchev–Trinajstić information content (AvgIpc) is 2.78. The summed E-state index contributed by atoms with van der Waals surface area (Å²) in [5.41, 5.74) is -0.559. The number of nitro groups is 1. The number of nitrogens with zero attached hydrogens (tertiary/aromatic N) is 3. The third-order valence-electron chi connectivity index (χ3n) is 4.89. The predicted octanol–water partition coefficient (Wildman–Crippen LogP) is 6.10. The number of alkyl halides is 3. The van der Waals surface area contributed by atoms with E-state index in [1.165, 1.54) is 24.3 Å². The fraction of sp³-hybridized carbons (Fsp3) is 0.143. The quantitative estimate of drug-likeness (QED) is 0.335. The second-order valence-electron chi connectivity index (χ2n) is 7.09. The zero-order valence-electron chi connectivity index (χ0n) is 16.9. The van der Waals surface area contributed by atoms with E-state index in [1.54, 1.807) is 11.0 Å². The molecule has 3 aromatic rings. The molecule has 0 atom stereocenters. The molecule has 0 saturated carbocycles. The largest absolute Gasteiger partial charge is 0.489 e. The van der Waals surface area contributed by atoms with Crippen molar-refractivity contribution in [3.05, 3.63) is 79.9 Å². The van der Waals surface area contributed by atoms with Gasteiger partial charge in [0.2, 0.25) is 0 Å². The number of non-ortho nitro benzene ring substituents is 1. The van der Waals surface area contributed by atoms with Crippen LogP contribution in [0.5, 0.6) is 5.75 Å². The first-order valence-electron chi connectivity index (χ1n) is 9.57. The molecule has 0 aliphatic carbocycles. The second kappa shape index (κ2) is 8.99. The molecule has 4 rings (SSSR count). The first-order valence-corrected chi connectivity index (χ1v) is 10.3. The molecule has 2 aromatic carbocycles. The fourth-order valence-electron chi connectivity index (χ4n) is 3.30. The van der Waals surface area contributed by atoms with Crippen LogP contribution in [-0.2, 0) is 6.18 Å².